The first-order valence-electron chi connectivity index (χ1n) is 7.36. The van der Waals surface area contributed by atoms with E-state index in [1.165, 1.54) is 0 Å². The van der Waals surface area contributed by atoms with Gasteiger partial charge in [-0.05, 0) is 30.0 Å². The van der Waals surface area contributed by atoms with Crippen molar-refractivity contribution >= 4 is 21.6 Å². The van der Waals surface area contributed by atoms with Crippen LogP contribution in [0, 0.1) is 5.92 Å². The number of aromatic nitrogens is 2. The average Bonchev–Trinajstić information content (AvgIpc) is 3.15. The van der Waals surface area contributed by atoms with E-state index in [0.717, 1.165) is 11.1 Å². The number of urea groups is 1. The number of amides is 2. The number of carbonyl (C=O) groups excluding carboxylic acids is 1. The Morgan fingerprint density at radius 2 is 2.04 bits per heavy atom. The number of rotatable bonds is 4. The molecule has 1 fully saturated rings. The Balaban J connectivity index is 1.50. The van der Waals surface area contributed by atoms with Gasteiger partial charge in [-0.15, -0.1) is 0 Å². The van der Waals surface area contributed by atoms with Crippen molar-refractivity contribution in [3.63, 3.8) is 0 Å². The summed E-state index contributed by atoms with van der Waals surface area (Å²) in [6, 6.07) is 7.07. The van der Waals surface area contributed by atoms with E-state index in [9.17, 15) is 13.2 Å². The molecule has 2 heterocycles. The highest BCUT2D eigenvalue weighted by Gasteiger charge is 2.27. The smallest absolute Gasteiger partial charge is 0.319 e. The van der Waals surface area contributed by atoms with Gasteiger partial charge in [-0.3, -0.25) is 5.10 Å². The van der Waals surface area contributed by atoms with Crippen LogP contribution in [0.3, 0.4) is 0 Å². The number of hydrogen-bond donors (Lipinski definition) is 3. The van der Waals surface area contributed by atoms with Crippen molar-refractivity contribution in [1.29, 1.82) is 0 Å². The standard InChI is InChI=1S/C15H18N4O3S/c20-15(16-7-11-5-6-23(21,22)10-11)19-14-3-1-12(2-4-14)13-8-17-18-9-13/h1-4,8-9,11H,5-7,10H2,(H,17,18)(H2,16,19,20)/t11-/m0/s1. The Labute approximate surface area is 134 Å². The second-order valence-electron chi connectivity index (χ2n) is 5.67. The van der Waals surface area contributed by atoms with Gasteiger partial charge >= 0.3 is 6.03 Å². The Bertz CT molecular complexity index is 770. The summed E-state index contributed by atoms with van der Waals surface area (Å²) in [7, 11) is -2.91. The fourth-order valence-electron chi connectivity index (χ4n) is 2.60. The van der Waals surface area contributed by atoms with Crippen molar-refractivity contribution in [3.8, 4) is 11.1 Å². The summed E-state index contributed by atoms with van der Waals surface area (Å²) in [5.41, 5.74) is 2.65. The van der Waals surface area contributed by atoms with Gasteiger partial charge < -0.3 is 10.6 Å². The van der Waals surface area contributed by atoms with Gasteiger partial charge in [0.05, 0.1) is 17.7 Å². The van der Waals surface area contributed by atoms with Crippen molar-refractivity contribution < 1.29 is 13.2 Å². The number of benzene rings is 1. The van der Waals surface area contributed by atoms with E-state index in [1.54, 1.807) is 12.4 Å². The number of carbonyl (C=O) groups is 1. The molecule has 1 atom stereocenters. The summed E-state index contributed by atoms with van der Waals surface area (Å²) in [4.78, 5) is 11.9. The predicted molar refractivity (Wildman–Crippen MR) is 87.8 cm³/mol. The molecule has 1 aliphatic rings. The number of anilines is 1. The normalized spacial score (nSPS) is 19.4. The Kier molecular flexibility index (Phi) is 4.33. The third kappa shape index (κ3) is 4.10. The molecule has 1 saturated heterocycles. The molecular formula is C15H18N4O3S. The molecular weight excluding hydrogens is 316 g/mol. The second kappa shape index (κ2) is 6.41. The summed E-state index contributed by atoms with van der Waals surface area (Å²) < 4.78 is 22.7. The molecule has 2 amide bonds. The number of nitrogens with zero attached hydrogens (tertiary/aromatic N) is 1. The highest BCUT2D eigenvalue weighted by atomic mass is 32.2. The zero-order chi connectivity index (χ0) is 16.3. The second-order valence-corrected chi connectivity index (χ2v) is 7.90. The molecule has 1 aromatic carbocycles. The van der Waals surface area contributed by atoms with Crippen LogP contribution in [-0.4, -0.2) is 42.7 Å². The maximum absolute atomic E-state index is 11.9. The van der Waals surface area contributed by atoms with Crippen LogP contribution in [0.4, 0.5) is 10.5 Å². The van der Waals surface area contributed by atoms with Crippen LogP contribution in [-0.2, 0) is 9.84 Å². The van der Waals surface area contributed by atoms with Crippen molar-refractivity contribution in [2.45, 2.75) is 6.42 Å². The molecule has 2 aromatic rings. The van der Waals surface area contributed by atoms with Crippen LogP contribution in [0.15, 0.2) is 36.7 Å². The largest absolute Gasteiger partial charge is 0.338 e. The van der Waals surface area contributed by atoms with E-state index in [-0.39, 0.29) is 23.5 Å². The molecule has 3 N–H and O–H groups in total. The van der Waals surface area contributed by atoms with Crippen molar-refractivity contribution in [2.24, 2.45) is 5.92 Å². The molecule has 3 rings (SSSR count). The molecule has 122 valence electrons. The van der Waals surface area contributed by atoms with Gasteiger partial charge in [-0.1, -0.05) is 12.1 Å². The summed E-state index contributed by atoms with van der Waals surface area (Å²) in [5.74, 6) is 0.387. The number of nitrogens with one attached hydrogen (secondary N) is 3. The molecule has 8 heteroatoms. The first kappa shape index (κ1) is 15.5. The summed E-state index contributed by atoms with van der Waals surface area (Å²) in [6.45, 7) is 0.373. The van der Waals surface area contributed by atoms with E-state index in [0.29, 0.717) is 18.7 Å². The van der Waals surface area contributed by atoms with E-state index >= 15 is 0 Å². The SMILES string of the molecule is O=C(NC[C@@H]1CCS(=O)(=O)C1)Nc1ccc(-c2cn[nH]c2)cc1. The zero-order valence-electron chi connectivity index (χ0n) is 12.5. The van der Waals surface area contributed by atoms with Crippen molar-refractivity contribution in [2.75, 3.05) is 23.4 Å². The van der Waals surface area contributed by atoms with Gasteiger partial charge in [0.15, 0.2) is 9.84 Å². The lowest BCUT2D eigenvalue weighted by atomic mass is 10.1. The third-order valence-corrected chi connectivity index (χ3v) is 5.69. The van der Waals surface area contributed by atoms with Gasteiger partial charge in [0.2, 0.25) is 0 Å². The van der Waals surface area contributed by atoms with Crippen LogP contribution in [0.5, 0.6) is 0 Å². The van der Waals surface area contributed by atoms with E-state index < -0.39 is 9.84 Å². The zero-order valence-corrected chi connectivity index (χ0v) is 13.3. The minimum absolute atomic E-state index is 0.00853. The predicted octanol–water partition coefficient (Wildman–Crippen LogP) is 1.63. The molecule has 0 aliphatic carbocycles. The topological polar surface area (TPSA) is 104 Å². The van der Waals surface area contributed by atoms with E-state index in [1.807, 2.05) is 24.3 Å². The highest BCUT2D eigenvalue weighted by molar-refractivity contribution is 7.91. The lowest BCUT2D eigenvalue weighted by Gasteiger charge is -2.11. The molecule has 1 aliphatic heterocycles. The first-order valence-corrected chi connectivity index (χ1v) is 9.18. The fourth-order valence-corrected chi connectivity index (χ4v) is 4.46. The van der Waals surface area contributed by atoms with Crippen LogP contribution < -0.4 is 10.6 Å². The van der Waals surface area contributed by atoms with Crippen LogP contribution in [0.1, 0.15) is 6.42 Å². The fraction of sp³-hybridized carbons (Fsp3) is 0.333. The average molecular weight is 334 g/mol. The quantitative estimate of drug-likeness (QED) is 0.790. The number of hydrogen-bond acceptors (Lipinski definition) is 4. The van der Waals surface area contributed by atoms with Crippen LogP contribution in [0.25, 0.3) is 11.1 Å². The monoisotopic (exact) mass is 334 g/mol. The van der Waals surface area contributed by atoms with E-state index in [4.69, 9.17) is 0 Å². The number of H-pyrrole nitrogens is 1. The third-order valence-electron chi connectivity index (χ3n) is 3.85. The van der Waals surface area contributed by atoms with Gasteiger partial charge in [-0.25, -0.2) is 13.2 Å². The molecule has 0 bridgehead atoms. The molecule has 23 heavy (non-hydrogen) atoms. The van der Waals surface area contributed by atoms with Crippen LogP contribution >= 0.6 is 0 Å². The molecule has 0 saturated carbocycles. The van der Waals surface area contributed by atoms with Gasteiger partial charge in [-0.2, -0.15) is 5.10 Å². The molecule has 1 aromatic heterocycles. The molecule has 7 nitrogen and oxygen atoms in total. The maximum Gasteiger partial charge on any atom is 0.319 e. The van der Waals surface area contributed by atoms with E-state index in [2.05, 4.69) is 20.8 Å². The summed E-state index contributed by atoms with van der Waals surface area (Å²) in [6.07, 6.45) is 4.14. The molecule has 0 spiro atoms. The van der Waals surface area contributed by atoms with Gasteiger partial charge in [0.25, 0.3) is 0 Å². The van der Waals surface area contributed by atoms with Gasteiger partial charge in [0.1, 0.15) is 0 Å². The Hall–Kier alpha value is -2.35. The maximum atomic E-state index is 11.9. The minimum atomic E-state index is -2.91. The van der Waals surface area contributed by atoms with Gasteiger partial charge in [0, 0.05) is 24.0 Å². The molecule has 0 unspecified atom stereocenters. The summed E-state index contributed by atoms with van der Waals surface area (Å²) in [5, 5.41) is 12.1. The first-order chi connectivity index (χ1) is 11.0. The lowest BCUT2D eigenvalue weighted by Crippen LogP contribution is -2.33. The van der Waals surface area contributed by atoms with Crippen molar-refractivity contribution in [3.05, 3.63) is 36.7 Å². The minimum Gasteiger partial charge on any atom is -0.338 e. The highest BCUT2D eigenvalue weighted by Crippen LogP contribution is 2.20. The Morgan fingerprint density at radius 1 is 1.26 bits per heavy atom. The Morgan fingerprint density at radius 3 is 2.65 bits per heavy atom. The van der Waals surface area contributed by atoms with Crippen LogP contribution in [0.2, 0.25) is 0 Å². The summed E-state index contributed by atoms with van der Waals surface area (Å²) >= 11 is 0. The van der Waals surface area contributed by atoms with Crippen molar-refractivity contribution in [1.82, 2.24) is 15.5 Å². The number of aromatic amines is 1. The lowest BCUT2D eigenvalue weighted by molar-refractivity contribution is 0.250. The molecule has 0 radical (unpaired) electrons. The number of sulfone groups is 1.